The first-order valence-corrected chi connectivity index (χ1v) is 11.8. The van der Waals surface area contributed by atoms with E-state index in [1.54, 1.807) is 49.4 Å². The van der Waals surface area contributed by atoms with E-state index in [4.69, 9.17) is 23.7 Å². The molecule has 3 aromatic rings. The number of Topliss-reactive ketones (excluding diaryl/α,β-unsaturated/α-hetero) is 1. The molecule has 0 aromatic heterocycles. The molecule has 0 saturated carbocycles. The van der Waals surface area contributed by atoms with Crippen molar-refractivity contribution in [2.45, 2.75) is 33.1 Å². The molecule has 0 N–H and O–H groups in total. The fraction of sp³-hybridized carbons (Fsp3) is 0.267. The summed E-state index contributed by atoms with van der Waals surface area (Å²) in [6.07, 6.45) is 1.59. The first-order chi connectivity index (χ1) is 17.6. The summed E-state index contributed by atoms with van der Waals surface area (Å²) in [7, 11) is 4.55. The summed E-state index contributed by atoms with van der Waals surface area (Å²) >= 11 is 0. The molecule has 0 aliphatic carbocycles. The van der Waals surface area contributed by atoms with Gasteiger partial charge in [-0.2, -0.15) is 0 Å². The number of benzene rings is 3. The van der Waals surface area contributed by atoms with Gasteiger partial charge in [-0.3, -0.25) is 4.79 Å². The van der Waals surface area contributed by atoms with Crippen LogP contribution in [0.2, 0.25) is 0 Å². The minimum atomic E-state index is -0.487. The Labute approximate surface area is 216 Å². The molecule has 0 fully saturated rings. The number of ether oxygens (including phenoxy) is 5. The molecule has 1 aliphatic rings. The number of fused-ring (bicyclic) bond motifs is 1. The normalized spacial score (nSPS) is 13.7. The minimum Gasteiger partial charge on any atom is -0.493 e. The van der Waals surface area contributed by atoms with E-state index < -0.39 is 5.97 Å². The van der Waals surface area contributed by atoms with E-state index in [-0.39, 0.29) is 17.0 Å². The van der Waals surface area contributed by atoms with Crippen molar-refractivity contribution in [2.75, 3.05) is 21.3 Å². The third kappa shape index (κ3) is 4.89. The van der Waals surface area contributed by atoms with Gasteiger partial charge in [0, 0.05) is 11.1 Å². The summed E-state index contributed by atoms with van der Waals surface area (Å²) in [4.78, 5) is 25.9. The summed E-state index contributed by atoms with van der Waals surface area (Å²) in [5.74, 6) is 1.33. The summed E-state index contributed by atoms with van der Waals surface area (Å²) in [6, 6.07) is 14.0. The van der Waals surface area contributed by atoms with Crippen LogP contribution >= 0.6 is 0 Å². The average Bonchev–Trinajstić information content (AvgIpc) is 3.20. The van der Waals surface area contributed by atoms with Crippen molar-refractivity contribution in [1.82, 2.24) is 0 Å². The van der Waals surface area contributed by atoms with Gasteiger partial charge in [0.1, 0.15) is 11.5 Å². The molecule has 7 nitrogen and oxygen atoms in total. The first kappa shape index (κ1) is 25.8. The molecule has 0 amide bonds. The van der Waals surface area contributed by atoms with Gasteiger partial charge in [-0.1, -0.05) is 32.9 Å². The van der Waals surface area contributed by atoms with Crippen molar-refractivity contribution >= 4 is 17.8 Å². The van der Waals surface area contributed by atoms with Crippen LogP contribution in [0.15, 0.2) is 54.3 Å². The maximum atomic E-state index is 13.1. The Balaban J connectivity index is 1.61. The van der Waals surface area contributed by atoms with Gasteiger partial charge < -0.3 is 23.7 Å². The van der Waals surface area contributed by atoms with Crippen LogP contribution in [0, 0.1) is 6.92 Å². The van der Waals surface area contributed by atoms with Crippen molar-refractivity contribution in [2.24, 2.45) is 0 Å². The predicted molar refractivity (Wildman–Crippen MR) is 140 cm³/mol. The Kier molecular flexibility index (Phi) is 6.99. The SMILES string of the molecule is COc1ccc(/C=C2\Oc3c(ccc(OC(=O)c4ccc(C(C)(C)C)cc4)c3C)C2=O)c(OC)c1OC. The Hall–Kier alpha value is -4.26. The van der Waals surface area contributed by atoms with Crippen molar-refractivity contribution in [3.8, 4) is 28.7 Å². The fourth-order valence-electron chi connectivity index (χ4n) is 4.12. The number of esters is 1. The molecule has 3 aromatic carbocycles. The lowest BCUT2D eigenvalue weighted by Gasteiger charge is -2.19. The molecule has 0 radical (unpaired) electrons. The van der Waals surface area contributed by atoms with E-state index in [9.17, 15) is 9.59 Å². The van der Waals surface area contributed by atoms with Crippen molar-refractivity contribution in [1.29, 1.82) is 0 Å². The number of ketones is 1. The number of hydrogen-bond acceptors (Lipinski definition) is 7. The standard InChI is InChI=1S/C30H30O7/c1-17-22(37-29(32)18-8-11-20(12-9-18)30(2,3)4)15-13-21-25(31)24(36-26(17)21)16-19-10-14-23(33-5)28(35-7)27(19)34-6/h8-16H,1-7H3/b24-16-. The number of carbonyl (C=O) groups excluding carboxylic acids is 2. The van der Waals surface area contributed by atoms with Crippen LogP contribution in [0.25, 0.3) is 6.08 Å². The molecule has 0 saturated heterocycles. The van der Waals surface area contributed by atoms with Gasteiger partial charge in [0.25, 0.3) is 0 Å². The Morgan fingerprint density at radius 2 is 1.49 bits per heavy atom. The summed E-state index contributed by atoms with van der Waals surface area (Å²) < 4.78 is 27.9. The van der Waals surface area contributed by atoms with Gasteiger partial charge in [-0.15, -0.1) is 0 Å². The maximum Gasteiger partial charge on any atom is 0.343 e. The van der Waals surface area contributed by atoms with Crippen molar-refractivity contribution in [3.05, 3.63) is 82.1 Å². The van der Waals surface area contributed by atoms with E-state index in [1.807, 2.05) is 12.1 Å². The van der Waals surface area contributed by atoms with E-state index >= 15 is 0 Å². The van der Waals surface area contributed by atoms with Gasteiger partial charge in [0.2, 0.25) is 11.5 Å². The Bertz CT molecular complexity index is 1390. The number of carbonyl (C=O) groups is 2. The second-order valence-electron chi connectivity index (χ2n) is 9.65. The maximum absolute atomic E-state index is 13.1. The Morgan fingerprint density at radius 1 is 0.838 bits per heavy atom. The molecule has 1 aliphatic heterocycles. The molecular weight excluding hydrogens is 472 g/mol. The van der Waals surface area contributed by atoms with Crippen LogP contribution in [0.1, 0.15) is 58.2 Å². The smallest absolute Gasteiger partial charge is 0.343 e. The minimum absolute atomic E-state index is 0.0188. The second-order valence-corrected chi connectivity index (χ2v) is 9.65. The number of methoxy groups -OCH3 is 3. The zero-order chi connectivity index (χ0) is 26.9. The van der Waals surface area contributed by atoms with Gasteiger partial charge in [0.15, 0.2) is 17.3 Å². The molecular formula is C30H30O7. The lowest BCUT2D eigenvalue weighted by Crippen LogP contribution is -2.13. The van der Waals surface area contributed by atoms with Gasteiger partial charge in [0.05, 0.1) is 32.5 Å². The third-order valence-electron chi connectivity index (χ3n) is 6.25. The van der Waals surface area contributed by atoms with E-state index in [1.165, 1.54) is 21.3 Å². The zero-order valence-electron chi connectivity index (χ0n) is 22.1. The monoisotopic (exact) mass is 502 g/mol. The largest absolute Gasteiger partial charge is 0.493 e. The number of hydrogen-bond donors (Lipinski definition) is 0. The third-order valence-corrected chi connectivity index (χ3v) is 6.25. The highest BCUT2D eigenvalue weighted by molar-refractivity contribution is 6.15. The molecule has 0 bridgehead atoms. The van der Waals surface area contributed by atoms with Gasteiger partial charge in [-0.05, 0) is 60.4 Å². The number of rotatable bonds is 6. The van der Waals surface area contributed by atoms with Crippen LogP contribution in [0.3, 0.4) is 0 Å². The summed E-state index contributed by atoms with van der Waals surface area (Å²) in [6.45, 7) is 8.08. The van der Waals surface area contributed by atoms with E-state index in [0.29, 0.717) is 51.0 Å². The fourth-order valence-corrected chi connectivity index (χ4v) is 4.12. The van der Waals surface area contributed by atoms with Crippen molar-refractivity contribution < 1.29 is 33.3 Å². The molecule has 1 heterocycles. The quantitative estimate of drug-likeness (QED) is 0.227. The molecule has 192 valence electrons. The highest BCUT2D eigenvalue weighted by Gasteiger charge is 2.31. The molecule has 0 unspecified atom stereocenters. The molecule has 4 rings (SSSR count). The van der Waals surface area contributed by atoms with Crippen LogP contribution in [-0.2, 0) is 5.41 Å². The van der Waals surface area contributed by atoms with Crippen molar-refractivity contribution in [3.63, 3.8) is 0 Å². The van der Waals surface area contributed by atoms with Gasteiger partial charge >= 0.3 is 5.97 Å². The second kappa shape index (κ2) is 10.0. The van der Waals surface area contributed by atoms with Gasteiger partial charge in [-0.25, -0.2) is 4.79 Å². The number of allylic oxidation sites excluding steroid dienone is 1. The van der Waals surface area contributed by atoms with E-state index in [2.05, 4.69) is 20.8 Å². The first-order valence-electron chi connectivity index (χ1n) is 11.8. The van der Waals surface area contributed by atoms with E-state index in [0.717, 1.165) is 5.56 Å². The topological polar surface area (TPSA) is 80.3 Å². The Morgan fingerprint density at radius 3 is 2.08 bits per heavy atom. The highest BCUT2D eigenvalue weighted by Crippen LogP contribution is 2.43. The zero-order valence-corrected chi connectivity index (χ0v) is 22.1. The average molecular weight is 503 g/mol. The highest BCUT2D eigenvalue weighted by atomic mass is 16.5. The predicted octanol–water partition coefficient (Wildman–Crippen LogP) is 6.15. The van der Waals surface area contributed by atoms with Crippen LogP contribution in [0.4, 0.5) is 0 Å². The molecule has 7 heteroatoms. The lowest BCUT2D eigenvalue weighted by molar-refractivity contribution is 0.0733. The van der Waals surface area contributed by atoms with Crippen LogP contribution < -0.4 is 23.7 Å². The van der Waals surface area contributed by atoms with Crippen LogP contribution in [0.5, 0.6) is 28.7 Å². The molecule has 0 atom stereocenters. The summed E-state index contributed by atoms with van der Waals surface area (Å²) in [5.41, 5.74) is 3.06. The summed E-state index contributed by atoms with van der Waals surface area (Å²) in [5, 5.41) is 0. The molecule has 0 spiro atoms. The van der Waals surface area contributed by atoms with Crippen LogP contribution in [-0.4, -0.2) is 33.1 Å². The lowest BCUT2D eigenvalue weighted by atomic mass is 9.87. The molecule has 37 heavy (non-hydrogen) atoms.